The van der Waals surface area contributed by atoms with Gasteiger partial charge in [-0.25, -0.2) is 9.49 Å². The van der Waals surface area contributed by atoms with Gasteiger partial charge in [-0.15, -0.1) is 0 Å². The molecule has 4 aromatic rings. The van der Waals surface area contributed by atoms with Crippen molar-refractivity contribution in [3.05, 3.63) is 93.7 Å². The third kappa shape index (κ3) is 3.35. The normalized spacial score (nSPS) is 12.7. The molecule has 0 spiro atoms. The van der Waals surface area contributed by atoms with Gasteiger partial charge < -0.3 is 10.6 Å². The van der Waals surface area contributed by atoms with Crippen LogP contribution in [0.1, 0.15) is 21.5 Å². The van der Waals surface area contributed by atoms with E-state index in [-0.39, 0.29) is 17.0 Å². The van der Waals surface area contributed by atoms with Gasteiger partial charge in [-0.1, -0.05) is 12.1 Å². The summed E-state index contributed by atoms with van der Waals surface area (Å²) < 4.78 is 14.3. The molecule has 148 valence electrons. The smallest absolute Gasteiger partial charge is 0.272 e. The maximum Gasteiger partial charge on any atom is 0.272 e. The summed E-state index contributed by atoms with van der Waals surface area (Å²) in [6.45, 7) is 1.59. The van der Waals surface area contributed by atoms with E-state index in [4.69, 9.17) is 0 Å². The Balaban J connectivity index is 1.47. The van der Waals surface area contributed by atoms with E-state index in [1.165, 1.54) is 23.9 Å². The third-order valence-electron chi connectivity index (χ3n) is 5.25. The fraction of sp³-hybridized carbons (Fsp3) is 0.0870. The lowest BCUT2D eigenvalue weighted by Crippen LogP contribution is -2.12. The zero-order chi connectivity index (χ0) is 20.7. The average molecular weight is 400 g/mol. The number of carbonyl (C=O) groups excluding carboxylic acids is 1. The fourth-order valence-corrected chi connectivity index (χ4v) is 3.74. The van der Waals surface area contributed by atoms with Crippen molar-refractivity contribution in [3.63, 3.8) is 0 Å². The average Bonchev–Trinajstić information content (AvgIpc) is 3.21. The number of anilines is 1. The van der Waals surface area contributed by atoms with Gasteiger partial charge in [0.1, 0.15) is 5.82 Å². The Morgan fingerprint density at radius 3 is 2.73 bits per heavy atom. The van der Waals surface area contributed by atoms with Crippen molar-refractivity contribution < 1.29 is 9.18 Å². The second kappa shape index (κ2) is 7.20. The second-order valence-corrected chi connectivity index (χ2v) is 7.27. The predicted octanol–water partition coefficient (Wildman–Crippen LogP) is 3.58. The zero-order valence-corrected chi connectivity index (χ0v) is 15.8. The number of nitrogens with zero attached hydrogens (tertiary/aromatic N) is 1. The molecule has 0 bridgehead atoms. The van der Waals surface area contributed by atoms with E-state index in [1.807, 2.05) is 18.2 Å². The van der Waals surface area contributed by atoms with E-state index in [2.05, 4.69) is 20.8 Å². The summed E-state index contributed by atoms with van der Waals surface area (Å²) in [7, 11) is 0. The molecule has 0 saturated carbocycles. The van der Waals surface area contributed by atoms with Gasteiger partial charge in [-0.3, -0.25) is 9.59 Å². The van der Waals surface area contributed by atoms with Crippen molar-refractivity contribution in [2.75, 3.05) is 5.32 Å². The highest BCUT2D eigenvalue weighted by molar-refractivity contribution is 6.05. The topological polar surface area (TPSA) is 86.9 Å². The van der Waals surface area contributed by atoms with Gasteiger partial charge in [-0.2, -0.15) is 5.10 Å². The number of hydrogen-bond donors (Lipinski definition) is 3. The van der Waals surface area contributed by atoms with Crippen LogP contribution in [0.5, 0.6) is 0 Å². The van der Waals surface area contributed by atoms with Crippen LogP contribution in [-0.4, -0.2) is 16.1 Å². The molecule has 1 amide bonds. The number of aromatic amines is 1. The molecule has 1 aliphatic heterocycles. The van der Waals surface area contributed by atoms with Crippen LogP contribution in [0.2, 0.25) is 0 Å². The summed E-state index contributed by atoms with van der Waals surface area (Å²) in [4.78, 5) is 24.6. The van der Waals surface area contributed by atoms with E-state index in [9.17, 15) is 14.0 Å². The van der Waals surface area contributed by atoms with Crippen LogP contribution in [0.4, 0.5) is 10.1 Å². The number of amides is 1. The molecular formula is C23H17FN4O2. The molecule has 1 aliphatic rings. The molecular weight excluding hydrogens is 383 g/mol. The summed E-state index contributed by atoms with van der Waals surface area (Å²) >= 11 is 0. The SMILES string of the molecule is O=C(Nc1ccc2c(c1)CNC2)c1cc(F)cc(-c2ccc3c(=O)[nH]ncc3c2)c1. The van der Waals surface area contributed by atoms with Gasteiger partial charge >= 0.3 is 0 Å². The summed E-state index contributed by atoms with van der Waals surface area (Å²) in [6, 6.07) is 15.1. The first kappa shape index (κ1) is 18.2. The van der Waals surface area contributed by atoms with Crippen LogP contribution in [-0.2, 0) is 13.1 Å². The molecule has 5 rings (SSSR count). The van der Waals surface area contributed by atoms with Crippen molar-refractivity contribution in [1.82, 2.24) is 15.5 Å². The van der Waals surface area contributed by atoms with Gasteiger partial charge in [-0.05, 0) is 64.7 Å². The van der Waals surface area contributed by atoms with Crippen LogP contribution in [0.25, 0.3) is 21.9 Å². The van der Waals surface area contributed by atoms with Crippen molar-refractivity contribution in [3.8, 4) is 11.1 Å². The van der Waals surface area contributed by atoms with E-state index < -0.39 is 5.82 Å². The first-order chi connectivity index (χ1) is 14.6. The second-order valence-electron chi connectivity index (χ2n) is 7.27. The Hall–Kier alpha value is -3.84. The van der Waals surface area contributed by atoms with Gasteiger partial charge in [0.25, 0.3) is 11.5 Å². The summed E-state index contributed by atoms with van der Waals surface area (Å²) in [5.74, 6) is -0.902. The minimum atomic E-state index is -0.514. The number of H-pyrrole nitrogens is 1. The number of benzene rings is 3. The number of carbonyl (C=O) groups is 1. The third-order valence-corrected chi connectivity index (χ3v) is 5.25. The lowest BCUT2D eigenvalue weighted by Gasteiger charge is -2.10. The Kier molecular flexibility index (Phi) is 4.37. The van der Waals surface area contributed by atoms with Gasteiger partial charge in [0.15, 0.2) is 0 Å². The lowest BCUT2D eigenvalue weighted by atomic mass is 10.00. The molecule has 0 unspecified atom stereocenters. The molecule has 0 radical (unpaired) electrons. The van der Waals surface area contributed by atoms with Crippen molar-refractivity contribution in [2.24, 2.45) is 0 Å². The largest absolute Gasteiger partial charge is 0.322 e. The molecule has 3 aromatic carbocycles. The van der Waals surface area contributed by atoms with Crippen molar-refractivity contribution in [1.29, 1.82) is 0 Å². The molecule has 6 nitrogen and oxygen atoms in total. The highest BCUT2D eigenvalue weighted by atomic mass is 19.1. The number of halogens is 1. The Bertz CT molecular complexity index is 1360. The first-order valence-electron chi connectivity index (χ1n) is 9.49. The summed E-state index contributed by atoms with van der Waals surface area (Å²) in [5.41, 5.74) is 4.19. The minimum absolute atomic E-state index is 0.216. The molecule has 0 fully saturated rings. The molecule has 30 heavy (non-hydrogen) atoms. The molecule has 0 atom stereocenters. The highest BCUT2D eigenvalue weighted by Gasteiger charge is 2.14. The van der Waals surface area contributed by atoms with E-state index in [1.54, 1.807) is 24.3 Å². The number of nitrogens with one attached hydrogen (secondary N) is 3. The van der Waals surface area contributed by atoms with Gasteiger partial charge in [0.05, 0.1) is 11.6 Å². The van der Waals surface area contributed by atoms with E-state index in [0.717, 1.165) is 18.7 Å². The predicted molar refractivity (Wildman–Crippen MR) is 113 cm³/mol. The van der Waals surface area contributed by atoms with Gasteiger partial charge in [0, 0.05) is 29.7 Å². The molecule has 3 N–H and O–H groups in total. The maximum atomic E-state index is 14.3. The van der Waals surface area contributed by atoms with E-state index in [0.29, 0.717) is 27.6 Å². The van der Waals surface area contributed by atoms with Gasteiger partial charge in [0.2, 0.25) is 0 Å². The van der Waals surface area contributed by atoms with Crippen molar-refractivity contribution in [2.45, 2.75) is 13.1 Å². The monoisotopic (exact) mass is 400 g/mol. The zero-order valence-electron chi connectivity index (χ0n) is 15.8. The Labute approximate surface area is 170 Å². The maximum absolute atomic E-state index is 14.3. The minimum Gasteiger partial charge on any atom is -0.322 e. The van der Waals surface area contributed by atoms with Crippen LogP contribution >= 0.6 is 0 Å². The van der Waals surface area contributed by atoms with Crippen molar-refractivity contribution >= 4 is 22.4 Å². The number of rotatable bonds is 3. The standard InChI is InChI=1S/C23H17FN4O2/c24-19-7-15(13-2-4-21-18(5-13)12-26-28-23(21)30)6-16(8-19)22(29)27-20-3-1-14-10-25-11-17(14)9-20/h1-9,12,25H,10-11H2,(H,27,29)(H,28,30). The lowest BCUT2D eigenvalue weighted by molar-refractivity contribution is 0.102. The summed E-state index contributed by atoms with van der Waals surface area (Å²) in [6.07, 6.45) is 1.54. The number of hydrogen-bond acceptors (Lipinski definition) is 4. The number of aromatic nitrogens is 2. The molecule has 7 heteroatoms. The molecule has 2 heterocycles. The number of fused-ring (bicyclic) bond motifs is 2. The first-order valence-corrected chi connectivity index (χ1v) is 9.49. The summed E-state index contributed by atoms with van der Waals surface area (Å²) in [5, 5.41) is 13.4. The van der Waals surface area contributed by atoms with Crippen LogP contribution in [0.3, 0.4) is 0 Å². The molecule has 0 aliphatic carbocycles. The fourth-order valence-electron chi connectivity index (χ4n) is 3.74. The highest BCUT2D eigenvalue weighted by Crippen LogP contribution is 2.26. The van der Waals surface area contributed by atoms with Crippen LogP contribution in [0, 0.1) is 5.82 Å². The Morgan fingerprint density at radius 2 is 1.83 bits per heavy atom. The Morgan fingerprint density at radius 1 is 0.967 bits per heavy atom. The quantitative estimate of drug-likeness (QED) is 0.491. The molecule has 0 saturated heterocycles. The van der Waals surface area contributed by atoms with Crippen LogP contribution < -0.4 is 16.2 Å². The molecule has 1 aromatic heterocycles. The van der Waals surface area contributed by atoms with Crippen LogP contribution in [0.15, 0.2) is 65.6 Å². The van der Waals surface area contributed by atoms with E-state index >= 15 is 0 Å².